The van der Waals surface area contributed by atoms with Gasteiger partial charge in [0.15, 0.2) is 17.5 Å². The van der Waals surface area contributed by atoms with Crippen LogP contribution in [-0.4, -0.2) is 40.4 Å². The molecule has 2 saturated carbocycles. The highest BCUT2D eigenvalue weighted by Crippen LogP contribution is 2.61. The van der Waals surface area contributed by atoms with E-state index in [4.69, 9.17) is 19.2 Å². The molecule has 0 saturated heterocycles. The molecule has 2 fully saturated rings. The van der Waals surface area contributed by atoms with Crippen molar-refractivity contribution in [1.29, 1.82) is 0 Å². The SMILES string of the molecule is CCNC(=NCC1(C2CC2)CC1)Nc1cc(OC)c(OC)c(OC)c1. The minimum absolute atomic E-state index is 0.484. The molecule has 0 spiro atoms. The lowest BCUT2D eigenvalue weighted by atomic mass is 10.0. The van der Waals surface area contributed by atoms with Crippen LogP contribution >= 0.6 is 0 Å². The Hall–Kier alpha value is -2.11. The normalized spacial score (nSPS) is 18.5. The summed E-state index contributed by atoms with van der Waals surface area (Å²) in [6.45, 7) is 3.78. The van der Waals surface area contributed by atoms with Crippen molar-refractivity contribution < 1.29 is 14.2 Å². The number of guanidine groups is 1. The molecule has 2 aliphatic carbocycles. The summed E-state index contributed by atoms with van der Waals surface area (Å²) in [5.74, 6) is 3.53. The van der Waals surface area contributed by atoms with Crippen molar-refractivity contribution >= 4 is 11.6 Å². The molecule has 0 aliphatic heterocycles. The number of nitrogens with zero attached hydrogens (tertiary/aromatic N) is 1. The van der Waals surface area contributed by atoms with Gasteiger partial charge < -0.3 is 24.8 Å². The number of anilines is 1. The average Bonchev–Trinajstić information content (AvgIpc) is 3.51. The van der Waals surface area contributed by atoms with Gasteiger partial charge in [-0.3, -0.25) is 4.99 Å². The van der Waals surface area contributed by atoms with Crippen molar-refractivity contribution in [2.75, 3.05) is 39.7 Å². The molecule has 138 valence electrons. The third kappa shape index (κ3) is 3.94. The Bertz CT molecular complexity index is 612. The Morgan fingerprint density at radius 1 is 1.12 bits per heavy atom. The van der Waals surface area contributed by atoms with Crippen molar-refractivity contribution in [3.63, 3.8) is 0 Å². The first-order valence-corrected chi connectivity index (χ1v) is 9.01. The van der Waals surface area contributed by atoms with E-state index < -0.39 is 0 Å². The summed E-state index contributed by atoms with van der Waals surface area (Å²) in [6.07, 6.45) is 5.41. The van der Waals surface area contributed by atoms with Crippen molar-refractivity contribution in [2.45, 2.75) is 32.6 Å². The number of hydrogen-bond acceptors (Lipinski definition) is 4. The molecule has 2 N–H and O–H groups in total. The summed E-state index contributed by atoms with van der Waals surface area (Å²) in [4.78, 5) is 4.84. The maximum absolute atomic E-state index is 5.42. The molecule has 0 amide bonds. The Balaban J connectivity index is 1.77. The van der Waals surface area contributed by atoms with Gasteiger partial charge in [0.25, 0.3) is 0 Å². The summed E-state index contributed by atoms with van der Waals surface area (Å²) in [6, 6.07) is 3.78. The minimum atomic E-state index is 0.484. The zero-order valence-corrected chi connectivity index (χ0v) is 15.6. The number of benzene rings is 1. The lowest BCUT2D eigenvalue weighted by Gasteiger charge is -2.17. The maximum atomic E-state index is 5.42. The predicted octanol–water partition coefficient (Wildman–Crippen LogP) is 3.28. The van der Waals surface area contributed by atoms with Gasteiger partial charge in [0.2, 0.25) is 5.75 Å². The lowest BCUT2D eigenvalue weighted by molar-refractivity contribution is 0.324. The van der Waals surface area contributed by atoms with Gasteiger partial charge in [0.1, 0.15) is 0 Å². The predicted molar refractivity (Wildman–Crippen MR) is 100 cm³/mol. The van der Waals surface area contributed by atoms with Gasteiger partial charge in [-0.05, 0) is 43.9 Å². The molecule has 0 aromatic heterocycles. The second-order valence-corrected chi connectivity index (χ2v) is 6.87. The molecule has 1 aromatic rings. The van der Waals surface area contributed by atoms with Gasteiger partial charge in [-0.15, -0.1) is 0 Å². The van der Waals surface area contributed by atoms with Crippen LogP contribution in [0.25, 0.3) is 0 Å². The highest BCUT2D eigenvalue weighted by atomic mass is 16.5. The fourth-order valence-corrected chi connectivity index (χ4v) is 3.39. The number of nitrogens with one attached hydrogen (secondary N) is 2. The van der Waals surface area contributed by atoms with E-state index in [1.807, 2.05) is 12.1 Å². The quantitative estimate of drug-likeness (QED) is 0.558. The zero-order chi connectivity index (χ0) is 17.9. The van der Waals surface area contributed by atoms with Gasteiger partial charge in [0, 0.05) is 30.9 Å². The van der Waals surface area contributed by atoms with E-state index in [9.17, 15) is 0 Å². The monoisotopic (exact) mass is 347 g/mol. The van der Waals surface area contributed by atoms with Crippen LogP contribution in [0.4, 0.5) is 5.69 Å². The van der Waals surface area contributed by atoms with E-state index in [-0.39, 0.29) is 0 Å². The fraction of sp³-hybridized carbons (Fsp3) is 0.632. The summed E-state index contributed by atoms with van der Waals surface area (Å²) >= 11 is 0. The largest absolute Gasteiger partial charge is 0.493 e. The van der Waals surface area contributed by atoms with Gasteiger partial charge in [0.05, 0.1) is 21.3 Å². The van der Waals surface area contributed by atoms with Crippen molar-refractivity contribution in [2.24, 2.45) is 16.3 Å². The Morgan fingerprint density at radius 3 is 2.20 bits per heavy atom. The van der Waals surface area contributed by atoms with Gasteiger partial charge in [-0.25, -0.2) is 0 Å². The molecule has 0 bridgehead atoms. The van der Waals surface area contributed by atoms with E-state index in [1.54, 1.807) is 21.3 Å². The summed E-state index contributed by atoms with van der Waals surface area (Å²) < 4.78 is 16.2. The Morgan fingerprint density at radius 2 is 1.76 bits per heavy atom. The van der Waals surface area contributed by atoms with Crippen LogP contribution in [0.15, 0.2) is 17.1 Å². The van der Waals surface area contributed by atoms with Crippen LogP contribution in [0.1, 0.15) is 32.6 Å². The molecular formula is C19H29N3O3. The maximum Gasteiger partial charge on any atom is 0.203 e. The van der Waals surface area contributed by atoms with Crippen molar-refractivity contribution in [1.82, 2.24) is 5.32 Å². The first-order valence-electron chi connectivity index (χ1n) is 9.01. The molecule has 6 heteroatoms. The highest BCUT2D eigenvalue weighted by molar-refractivity contribution is 5.94. The van der Waals surface area contributed by atoms with Crippen molar-refractivity contribution in [3.05, 3.63) is 12.1 Å². The summed E-state index contributed by atoms with van der Waals surface area (Å²) in [7, 11) is 4.84. The van der Waals surface area contributed by atoms with Crippen LogP contribution < -0.4 is 24.8 Å². The molecule has 3 rings (SSSR count). The summed E-state index contributed by atoms with van der Waals surface area (Å²) in [5, 5.41) is 6.68. The Labute approximate surface area is 149 Å². The molecule has 2 aliphatic rings. The third-order valence-electron chi connectivity index (χ3n) is 5.16. The van der Waals surface area contributed by atoms with Crippen LogP contribution in [0, 0.1) is 11.3 Å². The van der Waals surface area contributed by atoms with Crippen molar-refractivity contribution in [3.8, 4) is 17.2 Å². The van der Waals surface area contributed by atoms with Gasteiger partial charge >= 0.3 is 0 Å². The smallest absolute Gasteiger partial charge is 0.203 e. The van der Waals surface area contributed by atoms with Gasteiger partial charge in [-0.1, -0.05) is 0 Å². The summed E-state index contributed by atoms with van der Waals surface area (Å²) in [5.41, 5.74) is 1.34. The molecule has 25 heavy (non-hydrogen) atoms. The third-order valence-corrected chi connectivity index (χ3v) is 5.16. The number of methoxy groups -OCH3 is 3. The number of hydrogen-bond donors (Lipinski definition) is 2. The van der Waals surface area contributed by atoms with Crippen LogP contribution in [0.5, 0.6) is 17.2 Å². The molecule has 0 unspecified atom stereocenters. The number of rotatable bonds is 8. The first-order chi connectivity index (χ1) is 12.2. The van der Waals surface area contributed by atoms with Crippen LogP contribution in [-0.2, 0) is 0 Å². The van der Waals surface area contributed by atoms with E-state index >= 15 is 0 Å². The van der Waals surface area contributed by atoms with Gasteiger partial charge in [-0.2, -0.15) is 0 Å². The molecule has 1 aromatic carbocycles. The van der Waals surface area contributed by atoms with E-state index in [1.165, 1.54) is 25.7 Å². The standard InChI is InChI=1S/C19H29N3O3/c1-5-20-18(21-12-19(8-9-19)13-6-7-13)22-14-10-15(23-2)17(25-4)16(11-14)24-3/h10-11,13H,5-9,12H2,1-4H3,(H2,20,21,22). The second-order valence-electron chi connectivity index (χ2n) is 6.87. The molecule has 0 heterocycles. The van der Waals surface area contributed by atoms with E-state index in [0.717, 1.165) is 30.7 Å². The lowest BCUT2D eigenvalue weighted by Crippen LogP contribution is -2.31. The van der Waals surface area contributed by atoms with Crippen LogP contribution in [0.2, 0.25) is 0 Å². The van der Waals surface area contributed by atoms with E-state index in [0.29, 0.717) is 22.7 Å². The van der Waals surface area contributed by atoms with Crippen LogP contribution in [0.3, 0.4) is 0 Å². The topological polar surface area (TPSA) is 64.1 Å². The Kier molecular flexibility index (Phi) is 5.25. The number of ether oxygens (including phenoxy) is 3. The first kappa shape index (κ1) is 17.7. The van der Waals surface area contributed by atoms with E-state index in [2.05, 4.69) is 17.6 Å². The zero-order valence-electron chi connectivity index (χ0n) is 15.6. The molecular weight excluding hydrogens is 318 g/mol. The fourth-order valence-electron chi connectivity index (χ4n) is 3.39. The highest BCUT2D eigenvalue weighted by Gasteiger charge is 2.53. The molecule has 0 radical (unpaired) electrons. The average molecular weight is 347 g/mol. The molecule has 6 nitrogen and oxygen atoms in total. The molecule has 0 atom stereocenters. The number of aliphatic imine (C=N–C) groups is 1. The second kappa shape index (κ2) is 7.42. The minimum Gasteiger partial charge on any atom is -0.493 e.